The largest absolute Gasteiger partial charge is 0.345 e. The van der Waals surface area contributed by atoms with Gasteiger partial charge in [-0.05, 0) is 37.0 Å². The van der Waals surface area contributed by atoms with Crippen molar-refractivity contribution in [3.63, 3.8) is 0 Å². The summed E-state index contributed by atoms with van der Waals surface area (Å²) in [6.45, 7) is 5.95. The van der Waals surface area contributed by atoms with Crippen LogP contribution in [0.2, 0.25) is 0 Å². The lowest BCUT2D eigenvalue weighted by Gasteiger charge is -2.31. The third-order valence-electron chi connectivity index (χ3n) is 4.88. The standard InChI is InChI=1S/C18H27N3O2/c1-3-18(4-2,13-19)20-17(23)15-9-7-14(8-10-15)12-21-11-5-6-16(21)22/h7-10H,3-6,11-13,19H2,1-2H3,(H,20,23). The summed E-state index contributed by atoms with van der Waals surface area (Å²) >= 11 is 0. The normalized spacial score (nSPS) is 15.1. The first-order chi connectivity index (χ1) is 11.0. The monoisotopic (exact) mass is 317 g/mol. The van der Waals surface area contributed by atoms with Crippen LogP contribution in [0, 0.1) is 0 Å². The first kappa shape index (κ1) is 17.5. The fourth-order valence-corrected chi connectivity index (χ4v) is 2.93. The van der Waals surface area contributed by atoms with E-state index in [0.29, 0.717) is 25.1 Å². The van der Waals surface area contributed by atoms with Crippen molar-refractivity contribution in [2.24, 2.45) is 5.73 Å². The summed E-state index contributed by atoms with van der Waals surface area (Å²) in [6, 6.07) is 7.47. The van der Waals surface area contributed by atoms with Gasteiger partial charge in [0.25, 0.3) is 5.91 Å². The molecular weight excluding hydrogens is 290 g/mol. The Bertz CT molecular complexity index is 542. The van der Waals surface area contributed by atoms with Gasteiger partial charge in [0.05, 0.1) is 5.54 Å². The lowest BCUT2D eigenvalue weighted by Crippen LogP contribution is -2.52. The van der Waals surface area contributed by atoms with Gasteiger partial charge in [-0.2, -0.15) is 0 Å². The highest BCUT2D eigenvalue weighted by Crippen LogP contribution is 2.17. The van der Waals surface area contributed by atoms with Gasteiger partial charge < -0.3 is 16.0 Å². The Hall–Kier alpha value is -1.88. The first-order valence-electron chi connectivity index (χ1n) is 8.43. The van der Waals surface area contributed by atoms with E-state index in [9.17, 15) is 9.59 Å². The molecule has 0 unspecified atom stereocenters. The molecule has 1 saturated heterocycles. The quantitative estimate of drug-likeness (QED) is 0.808. The van der Waals surface area contributed by atoms with Crippen molar-refractivity contribution in [3.8, 4) is 0 Å². The van der Waals surface area contributed by atoms with Crippen LogP contribution < -0.4 is 11.1 Å². The second-order valence-corrected chi connectivity index (χ2v) is 6.26. The maximum absolute atomic E-state index is 12.4. The summed E-state index contributed by atoms with van der Waals surface area (Å²) in [5.74, 6) is 0.119. The highest BCUT2D eigenvalue weighted by Gasteiger charge is 2.26. The molecule has 0 atom stereocenters. The number of carbonyl (C=O) groups is 2. The second-order valence-electron chi connectivity index (χ2n) is 6.26. The van der Waals surface area contributed by atoms with E-state index in [1.54, 1.807) is 0 Å². The lowest BCUT2D eigenvalue weighted by atomic mass is 9.92. The molecule has 3 N–H and O–H groups in total. The Labute approximate surface area is 138 Å². The van der Waals surface area contributed by atoms with Crippen LogP contribution in [0.4, 0.5) is 0 Å². The van der Waals surface area contributed by atoms with Gasteiger partial charge >= 0.3 is 0 Å². The number of nitrogens with zero attached hydrogens (tertiary/aromatic N) is 1. The Morgan fingerprint density at radius 1 is 1.26 bits per heavy atom. The van der Waals surface area contributed by atoms with Crippen LogP contribution in [-0.4, -0.2) is 35.3 Å². The molecule has 0 aliphatic carbocycles. The number of benzene rings is 1. The van der Waals surface area contributed by atoms with Crippen LogP contribution in [0.25, 0.3) is 0 Å². The van der Waals surface area contributed by atoms with Gasteiger partial charge in [0.1, 0.15) is 0 Å². The molecule has 126 valence electrons. The molecule has 1 heterocycles. The van der Waals surface area contributed by atoms with Crippen LogP contribution in [0.1, 0.15) is 55.5 Å². The number of nitrogens with one attached hydrogen (secondary N) is 1. The number of carbonyl (C=O) groups excluding carboxylic acids is 2. The molecule has 1 aliphatic rings. The number of nitrogens with two attached hydrogens (primary N) is 1. The molecule has 1 fully saturated rings. The summed E-state index contributed by atoms with van der Waals surface area (Å²) in [5.41, 5.74) is 7.17. The molecule has 0 saturated carbocycles. The molecule has 0 bridgehead atoms. The van der Waals surface area contributed by atoms with Crippen molar-refractivity contribution >= 4 is 11.8 Å². The van der Waals surface area contributed by atoms with Crippen molar-refractivity contribution in [2.45, 2.75) is 51.6 Å². The molecule has 0 radical (unpaired) electrons. The smallest absolute Gasteiger partial charge is 0.251 e. The fourth-order valence-electron chi connectivity index (χ4n) is 2.93. The summed E-state index contributed by atoms with van der Waals surface area (Å²) in [7, 11) is 0. The number of likely N-dealkylation sites (tertiary alicyclic amines) is 1. The van der Waals surface area contributed by atoms with Gasteiger partial charge in [0.15, 0.2) is 0 Å². The average molecular weight is 317 g/mol. The molecule has 0 aromatic heterocycles. The Morgan fingerprint density at radius 3 is 2.39 bits per heavy atom. The van der Waals surface area contributed by atoms with E-state index in [1.165, 1.54) is 0 Å². The Morgan fingerprint density at radius 2 is 1.91 bits per heavy atom. The predicted molar refractivity (Wildman–Crippen MR) is 90.9 cm³/mol. The van der Waals surface area contributed by atoms with Crippen LogP contribution in [0.15, 0.2) is 24.3 Å². The van der Waals surface area contributed by atoms with Crippen LogP contribution >= 0.6 is 0 Å². The SMILES string of the molecule is CCC(CC)(CN)NC(=O)c1ccc(CN2CCCC2=O)cc1. The summed E-state index contributed by atoms with van der Waals surface area (Å²) in [4.78, 5) is 25.9. The molecule has 23 heavy (non-hydrogen) atoms. The zero-order valence-electron chi connectivity index (χ0n) is 14.1. The maximum atomic E-state index is 12.4. The predicted octanol–water partition coefficient (Wildman–Crippen LogP) is 2.06. The molecule has 2 rings (SSSR count). The molecule has 1 aromatic carbocycles. The second kappa shape index (κ2) is 7.59. The van der Waals surface area contributed by atoms with E-state index in [2.05, 4.69) is 5.32 Å². The molecular formula is C18H27N3O2. The van der Waals surface area contributed by atoms with Gasteiger partial charge in [0.2, 0.25) is 5.91 Å². The van der Waals surface area contributed by atoms with Crippen LogP contribution in [0.5, 0.6) is 0 Å². The summed E-state index contributed by atoms with van der Waals surface area (Å²) < 4.78 is 0. The lowest BCUT2D eigenvalue weighted by molar-refractivity contribution is -0.128. The minimum atomic E-state index is -0.336. The molecule has 2 amide bonds. The van der Waals surface area contributed by atoms with E-state index in [1.807, 2.05) is 43.0 Å². The fraction of sp³-hybridized carbons (Fsp3) is 0.556. The Balaban J connectivity index is 2.01. The van der Waals surface area contributed by atoms with E-state index in [0.717, 1.165) is 31.4 Å². The molecule has 5 heteroatoms. The molecule has 1 aliphatic heterocycles. The molecule has 1 aromatic rings. The maximum Gasteiger partial charge on any atom is 0.251 e. The number of hydrogen-bond donors (Lipinski definition) is 2. The van der Waals surface area contributed by atoms with Crippen molar-refractivity contribution < 1.29 is 9.59 Å². The van der Waals surface area contributed by atoms with Gasteiger partial charge in [-0.25, -0.2) is 0 Å². The van der Waals surface area contributed by atoms with Crippen LogP contribution in [0.3, 0.4) is 0 Å². The highest BCUT2D eigenvalue weighted by atomic mass is 16.2. The van der Waals surface area contributed by atoms with Gasteiger partial charge in [-0.3, -0.25) is 9.59 Å². The molecule has 5 nitrogen and oxygen atoms in total. The van der Waals surface area contributed by atoms with E-state index >= 15 is 0 Å². The zero-order chi connectivity index (χ0) is 16.9. The highest BCUT2D eigenvalue weighted by molar-refractivity contribution is 5.94. The van der Waals surface area contributed by atoms with Crippen molar-refractivity contribution in [1.82, 2.24) is 10.2 Å². The van der Waals surface area contributed by atoms with E-state index in [4.69, 9.17) is 5.73 Å². The summed E-state index contributed by atoms with van der Waals surface area (Å²) in [5, 5.41) is 3.07. The summed E-state index contributed by atoms with van der Waals surface area (Å²) in [6.07, 6.45) is 3.20. The van der Waals surface area contributed by atoms with Crippen molar-refractivity contribution in [3.05, 3.63) is 35.4 Å². The van der Waals surface area contributed by atoms with Crippen molar-refractivity contribution in [1.29, 1.82) is 0 Å². The van der Waals surface area contributed by atoms with E-state index < -0.39 is 0 Å². The van der Waals surface area contributed by atoms with E-state index in [-0.39, 0.29) is 17.4 Å². The third kappa shape index (κ3) is 4.10. The number of hydrogen-bond acceptors (Lipinski definition) is 3. The average Bonchev–Trinajstić information content (AvgIpc) is 2.98. The minimum absolute atomic E-state index is 0.0945. The van der Waals surface area contributed by atoms with Gasteiger partial charge in [-0.15, -0.1) is 0 Å². The topological polar surface area (TPSA) is 75.4 Å². The first-order valence-corrected chi connectivity index (χ1v) is 8.43. The van der Waals surface area contributed by atoms with Gasteiger partial charge in [-0.1, -0.05) is 26.0 Å². The number of amides is 2. The third-order valence-corrected chi connectivity index (χ3v) is 4.88. The minimum Gasteiger partial charge on any atom is -0.345 e. The van der Waals surface area contributed by atoms with Crippen molar-refractivity contribution in [2.75, 3.05) is 13.1 Å². The van der Waals surface area contributed by atoms with Crippen LogP contribution in [-0.2, 0) is 11.3 Å². The molecule has 0 spiro atoms. The van der Waals surface area contributed by atoms with Gasteiger partial charge in [0, 0.05) is 31.6 Å². The Kier molecular flexibility index (Phi) is 5.77. The zero-order valence-corrected chi connectivity index (χ0v) is 14.1. The number of rotatable bonds is 7.